The van der Waals surface area contributed by atoms with E-state index in [0.717, 1.165) is 48.2 Å². The number of carbonyl (C=O) groups is 2. The van der Waals surface area contributed by atoms with Gasteiger partial charge in [-0.05, 0) is 64.9 Å². The Balaban J connectivity index is 0.810. The van der Waals surface area contributed by atoms with Gasteiger partial charge in [0.05, 0.1) is 53.5 Å². The van der Waals surface area contributed by atoms with Crippen molar-refractivity contribution < 1.29 is 37.7 Å². The quantitative estimate of drug-likeness (QED) is 0.0665. The molecule has 82 heavy (non-hydrogen) atoms. The Kier molecular flexibility index (Phi) is 15.5. The lowest BCUT2D eigenvalue weighted by molar-refractivity contribution is -0.142. The van der Waals surface area contributed by atoms with Crippen LogP contribution in [0.25, 0.3) is 54.5 Å². The number of nitriles is 1. The third-order valence-corrected chi connectivity index (χ3v) is 17.8. The van der Waals surface area contributed by atoms with Crippen molar-refractivity contribution in [1.29, 1.82) is 5.26 Å². The normalized spacial score (nSPS) is 18.8. The number of piperazine rings is 1. The van der Waals surface area contributed by atoms with Gasteiger partial charge in [0.2, 0.25) is 11.8 Å². The number of nitrogen functional groups attached to an aromatic ring is 1. The van der Waals surface area contributed by atoms with Gasteiger partial charge >= 0.3 is 6.01 Å². The van der Waals surface area contributed by atoms with E-state index in [-0.39, 0.29) is 62.6 Å². The number of nitrogens with one attached hydrogen (secondary N) is 2. The molecule has 12 rings (SSSR count). The second-order valence-electron chi connectivity index (χ2n) is 21.5. The van der Waals surface area contributed by atoms with Crippen molar-refractivity contribution in [2.24, 2.45) is 5.92 Å². The molecular formula is C59H58ClF2N12O6PS. The molecule has 8 heterocycles. The second-order valence-corrected chi connectivity index (χ2v) is 23.6. The van der Waals surface area contributed by atoms with Gasteiger partial charge in [-0.15, -0.1) is 25.7 Å². The number of nitrogens with zero attached hydrogens (tertiary/aromatic N) is 9. The number of ether oxygens (including phenoxy) is 3. The van der Waals surface area contributed by atoms with E-state index < -0.39 is 42.3 Å². The smallest absolute Gasteiger partial charge is 0.319 e. The van der Waals surface area contributed by atoms with Gasteiger partial charge < -0.3 is 45.5 Å². The lowest BCUT2D eigenvalue weighted by Crippen LogP contribution is -2.50. The highest BCUT2D eigenvalue weighted by atomic mass is 35.5. The summed E-state index contributed by atoms with van der Waals surface area (Å²) in [7, 11) is 2.48. The Labute approximate surface area is 482 Å². The molecule has 4 saturated heterocycles. The Morgan fingerprint density at radius 1 is 1.04 bits per heavy atom. The molecule has 4 aliphatic heterocycles. The number of thiophene rings is 1. The SMILES string of the molecule is CC(C)C(C(=O)N1CCCC1C(=O)NC(CO)c1ccc(-c2c(F)cncc2P)cc1)n1cc(-c2ccc(COc3c(-c4ccc(F)c5sc(N)c(C#N)c45)c(Cl)cc4c(N5CC6CC5CN6)nc(OC5CCOCC5)nc34)cc2)nn1. The molecule has 0 radical (unpaired) electrons. The fourth-order valence-electron chi connectivity index (χ4n) is 11.9. The third-order valence-electron chi connectivity index (χ3n) is 16.0. The number of aliphatic hydroxyl groups excluding tert-OH is 1. The summed E-state index contributed by atoms with van der Waals surface area (Å²) in [5, 5.41) is 38.3. The third kappa shape index (κ3) is 10.5. The maximum Gasteiger partial charge on any atom is 0.319 e. The number of amides is 2. The number of aliphatic hydroxyl groups is 1. The monoisotopic (exact) mass is 1170 g/mol. The standard InChI is InChI=1S/C59H58ClF2N12O6PS/c1-30(2)52(58(77)72-17-3-4-46(72)57(76)67-45(28-75)33-9-11-34(12-10-33)48-43(62)24-65-25-47(48)81)74-27-44(70-71-74)32-7-5-31(6-8-32)29-79-53-50(38-13-14-42(61)54-49(38)40(22-63)55(64)82-54)41(60)21-39-51(53)68-59(80-37-15-18-78-19-16-37)69-56(39)73-26-35-20-36(73)23-66-35/h5-14,21,24-25,27,30,35-37,45-46,52,66,75H,3-4,15-20,23,26,28-29,64,81H2,1-2H3,(H,67,76). The molecule has 0 saturated carbocycles. The van der Waals surface area contributed by atoms with Crippen LogP contribution in [0.1, 0.15) is 74.7 Å². The number of hydrogen-bond donors (Lipinski definition) is 4. The van der Waals surface area contributed by atoms with Gasteiger partial charge in [0, 0.05) is 78.2 Å². The molecule has 2 bridgehead atoms. The van der Waals surface area contributed by atoms with Gasteiger partial charge in [-0.25, -0.2) is 13.5 Å². The van der Waals surface area contributed by atoms with Gasteiger partial charge in [0.25, 0.3) is 0 Å². The summed E-state index contributed by atoms with van der Waals surface area (Å²) in [5.41, 5.74) is 11.4. The first-order chi connectivity index (χ1) is 39.8. The summed E-state index contributed by atoms with van der Waals surface area (Å²) in [6.07, 6.45) is 7.59. The molecule has 18 nitrogen and oxygen atoms in total. The molecule has 6 atom stereocenters. The number of pyridine rings is 1. The number of likely N-dealkylation sites (tertiary alicyclic amines) is 1. The van der Waals surface area contributed by atoms with Crippen molar-refractivity contribution in [2.45, 2.75) is 88.9 Å². The number of rotatable bonds is 16. The van der Waals surface area contributed by atoms with Crippen LogP contribution >= 0.6 is 32.2 Å². The lowest BCUT2D eigenvalue weighted by atomic mass is 9.96. The fourth-order valence-corrected chi connectivity index (χ4v) is 13.5. The maximum absolute atomic E-state index is 15.6. The Morgan fingerprint density at radius 2 is 1.82 bits per heavy atom. The number of hydrogen-bond acceptors (Lipinski definition) is 16. The summed E-state index contributed by atoms with van der Waals surface area (Å²) < 4.78 is 51.1. The van der Waals surface area contributed by atoms with Crippen LogP contribution in [0.2, 0.25) is 5.02 Å². The van der Waals surface area contributed by atoms with E-state index in [0.29, 0.717) is 112 Å². The Morgan fingerprint density at radius 3 is 2.52 bits per heavy atom. The van der Waals surface area contributed by atoms with Gasteiger partial charge in [0.15, 0.2) is 5.75 Å². The van der Waals surface area contributed by atoms with Crippen LogP contribution in [0.4, 0.5) is 19.6 Å². The summed E-state index contributed by atoms with van der Waals surface area (Å²) >= 11 is 8.40. The molecule has 4 aromatic carbocycles. The van der Waals surface area contributed by atoms with Crippen LogP contribution in [-0.2, 0) is 20.9 Å². The first-order valence-electron chi connectivity index (χ1n) is 27.3. The molecule has 4 fully saturated rings. The van der Waals surface area contributed by atoms with Crippen LogP contribution in [0.3, 0.4) is 0 Å². The largest absolute Gasteiger partial charge is 0.486 e. The molecule has 0 aliphatic carbocycles. The Bertz CT molecular complexity index is 3780. The van der Waals surface area contributed by atoms with E-state index in [1.165, 1.54) is 6.07 Å². The van der Waals surface area contributed by atoms with Crippen LogP contribution in [0, 0.1) is 28.9 Å². The zero-order chi connectivity index (χ0) is 56.9. The lowest BCUT2D eigenvalue weighted by Gasteiger charge is -2.30. The average Bonchev–Trinajstić information content (AvgIpc) is 4.55. The predicted octanol–water partition coefficient (Wildman–Crippen LogP) is 8.44. The summed E-state index contributed by atoms with van der Waals surface area (Å²) in [5.74, 6) is -0.956. The minimum absolute atomic E-state index is 0.0247. The number of carbonyl (C=O) groups excluding carboxylic acids is 2. The average molecular weight is 1170 g/mol. The number of fused-ring (bicyclic) bond motifs is 4. The maximum atomic E-state index is 15.6. The van der Waals surface area contributed by atoms with Crippen molar-refractivity contribution in [3.63, 3.8) is 0 Å². The summed E-state index contributed by atoms with van der Waals surface area (Å²) in [6.45, 7) is 6.44. The molecule has 4 aliphatic rings. The molecular weight excluding hydrogens is 1110 g/mol. The van der Waals surface area contributed by atoms with E-state index in [1.807, 2.05) is 44.2 Å². The van der Waals surface area contributed by atoms with Crippen molar-refractivity contribution in [2.75, 3.05) is 50.1 Å². The molecule has 6 unspecified atom stereocenters. The van der Waals surface area contributed by atoms with Crippen LogP contribution < -0.4 is 36.0 Å². The van der Waals surface area contributed by atoms with Crippen molar-refractivity contribution in [3.05, 3.63) is 119 Å². The first-order valence-corrected chi connectivity index (χ1v) is 29.1. The van der Waals surface area contributed by atoms with Crippen molar-refractivity contribution in [3.8, 4) is 51.3 Å². The second kappa shape index (κ2) is 23.1. The number of nitrogens with two attached hydrogens (primary N) is 1. The van der Waals surface area contributed by atoms with Crippen molar-refractivity contribution >= 4 is 81.1 Å². The molecule has 4 aromatic heterocycles. The molecule has 5 N–H and O–H groups in total. The minimum Gasteiger partial charge on any atom is -0.486 e. The number of halogens is 3. The van der Waals surface area contributed by atoms with Gasteiger partial charge in [0.1, 0.15) is 64.5 Å². The molecule has 0 spiro atoms. The number of aromatic nitrogens is 6. The van der Waals surface area contributed by atoms with Crippen LogP contribution in [0.5, 0.6) is 11.8 Å². The van der Waals surface area contributed by atoms with Crippen molar-refractivity contribution in [1.82, 2.24) is 45.5 Å². The zero-order valence-corrected chi connectivity index (χ0v) is 47.5. The van der Waals surface area contributed by atoms with E-state index in [9.17, 15) is 24.3 Å². The van der Waals surface area contributed by atoms with Gasteiger partial charge in [-0.3, -0.25) is 14.6 Å². The van der Waals surface area contributed by atoms with Gasteiger partial charge in [-0.2, -0.15) is 15.2 Å². The first kappa shape index (κ1) is 55.1. The highest BCUT2D eigenvalue weighted by Gasteiger charge is 2.42. The van der Waals surface area contributed by atoms with E-state index >= 15 is 4.39 Å². The molecule has 23 heteroatoms. The van der Waals surface area contributed by atoms with E-state index in [4.69, 9.17) is 41.5 Å². The number of benzene rings is 4. The summed E-state index contributed by atoms with van der Waals surface area (Å²) in [6, 6.07) is 19.7. The topological polar surface area (TPSA) is 232 Å². The fraction of sp³-hybridized carbons (Fsp3) is 0.356. The number of anilines is 2. The highest BCUT2D eigenvalue weighted by Crippen LogP contribution is 2.50. The summed E-state index contributed by atoms with van der Waals surface area (Å²) in [4.78, 5) is 46.5. The minimum atomic E-state index is -0.790. The predicted molar refractivity (Wildman–Crippen MR) is 312 cm³/mol. The van der Waals surface area contributed by atoms with Gasteiger partial charge in [-0.1, -0.05) is 85.3 Å². The zero-order valence-electron chi connectivity index (χ0n) is 44.8. The molecule has 2 amide bonds. The highest BCUT2D eigenvalue weighted by molar-refractivity contribution is 7.28. The van der Waals surface area contributed by atoms with Crippen LogP contribution in [0.15, 0.2) is 85.3 Å². The molecule has 8 aromatic rings. The molecule has 422 valence electrons. The van der Waals surface area contributed by atoms with E-state index in [1.54, 1.807) is 52.3 Å². The Hall–Kier alpha value is -7.44. The van der Waals surface area contributed by atoms with E-state index in [2.05, 4.69) is 46.1 Å². The van der Waals surface area contributed by atoms with Crippen LogP contribution in [-0.4, -0.2) is 115 Å².